The van der Waals surface area contributed by atoms with Crippen molar-refractivity contribution in [1.29, 1.82) is 0 Å². The lowest BCUT2D eigenvalue weighted by molar-refractivity contribution is -0.606. The van der Waals surface area contributed by atoms with E-state index in [4.69, 9.17) is 16.0 Å². The third-order valence-corrected chi connectivity index (χ3v) is 4.86. The molecule has 0 atom stereocenters. The minimum atomic E-state index is 0.744. The van der Waals surface area contributed by atoms with E-state index in [-0.39, 0.29) is 0 Å². The van der Waals surface area contributed by atoms with Crippen molar-refractivity contribution in [3.8, 4) is 5.82 Å². The summed E-state index contributed by atoms with van der Waals surface area (Å²) in [6.07, 6.45) is 10.6. The summed E-state index contributed by atoms with van der Waals surface area (Å²) in [7, 11) is 0. The minimum Gasteiger partial charge on any atom is -0.472 e. The fourth-order valence-electron chi connectivity index (χ4n) is 2.57. The Kier molecular flexibility index (Phi) is 3.77. The van der Waals surface area contributed by atoms with Gasteiger partial charge in [-0.05, 0) is 23.8 Å². The highest BCUT2D eigenvalue weighted by molar-refractivity contribution is 7.16. The zero-order valence-electron chi connectivity index (χ0n) is 12.1. The molecule has 0 fully saturated rings. The Labute approximate surface area is 141 Å². The van der Waals surface area contributed by atoms with Gasteiger partial charge in [-0.1, -0.05) is 16.6 Å². The third-order valence-electron chi connectivity index (χ3n) is 3.63. The van der Waals surface area contributed by atoms with E-state index < -0.39 is 0 Å². The SMILES string of the molecule is Clc1ccc(Cc2c[nH]c[n+]2-c2nc[nH]c2Cc2ccoc2)s1. The van der Waals surface area contributed by atoms with Crippen molar-refractivity contribution in [2.24, 2.45) is 0 Å². The Hall–Kier alpha value is -2.31. The number of aromatic amines is 2. The molecule has 4 aromatic heterocycles. The summed E-state index contributed by atoms with van der Waals surface area (Å²) in [5.41, 5.74) is 3.28. The summed E-state index contributed by atoms with van der Waals surface area (Å²) in [5, 5.41) is 0. The maximum atomic E-state index is 6.02. The number of aromatic nitrogens is 4. The van der Waals surface area contributed by atoms with Crippen LogP contribution in [-0.4, -0.2) is 15.0 Å². The molecule has 0 saturated carbocycles. The van der Waals surface area contributed by atoms with Crippen molar-refractivity contribution in [3.05, 3.63) is 75.7 Å². The average molecular weight is 346 g/mol. The molecule has 4 aromatic rings. The quantitative estimate of drug-likeness (QED) is 0.544. The van der Waals surface area contributed by atoms with Crippen LogP contribution in [0.2, 0.25) is 4.34 Å². The van der Waals surface area contributed by atoms with Crippen LogP contribution in [-0.2, 0) is 12.8 Å². The number of rotatable bonds is 5. The smallest absolute Gasteiger partial charge is 0.288 e. The number of thiophene rings is 1. The number of furan rings is 1. The van der Waals surface area contributed by atoms with E-state index in [1.165, 1.54) is 4.88 Å². The van der Waals surface area contributed by atoms with Gasteiger partial charge in [0.05, 0.1) is 28.8 Å². The molecular formula is C16H14ClN4OS+. The molecule has 7 heteroatoms. The van der Waals surface area contributed by atoms with E-state index in [0.29, 0.717) is 0 Å². The maximum Gasteiger partial charge on any atom is 0.288 e. The highest BCUT2D eigenvalue weighted by Crippen LogP contribution is 2.23. The van der Waals surface area contributed by atoms with Crippen LogP contribution in [0.1, 0.15) is 21.8 Å². The first-order chi connectivity index (χ1) is 11.3. The van der Waals surface area contributed by atoms with Crippen LogP contribution < -0.4 is 4.57 Å². The van der Waals surface area contributed by atoms with Crippen molar-refractivity contribution in [1.82, 2.24) is 15.0 Å². The van der Waals surface area contributed by atoms with Gasteiger partial charge >= 0.3 is 0 Å². The molecule has 0 aromatic carbocycles. The second kappa shape index (κ2) is 6.06. The summed E-state index contributed by atoms with van der Waals surface area (Å²) in [5.74, 6) is 0.894. The van der Waals surface area contributed by atoms with Gasteiger partial charge < -0.3 is 9.40 Å². The molecule has 0 bridgehead atoms. The predicted octanol–water partition coefficient (Wildman–Crippen LogP) is 3.50. The Balaban J connectivity index is 1.64. The lowest BCUT2D eigenvalue weighted by atomic mass is 10.2. The van der Waals surface area contributed by atoms with E-state index >= 15 is 0 Å². The summed E-state index contributed by atoms with van der Waals surface area (Å²) < 4.78 is 8.02. The molecule has 0 aliphatic carbocycles. The van der Waals surface area contributed by atoms with Crippen LogP contribution in [0.15, 0.2) is 54.0 Å². The van der Waals surface area contributed by atoms with Crippen molar-refractivity contribution >= 4 is 22.9 Å². The number of hydrogen-bond acceptors (Lipinski definition) is 3. The van der Waals surface area contributed by atoms with Crippen molar-refractivity contribution in [3.63, 3.8) is 0 Å². The highest BCUT2D eigenvalue weighted by atomic mass is 35.5. The Morgan fingerprint density at radius 2 is 2.22 bits per heavy atom. The third kappa shape index (κ3) is 2.95. The molecule has 4 rings (SSSR count). The number of hydrogen-bond donors (Lipinski definition) is 2. The fraction of sp³-hybridized carbons (Fsp3) is 0.125. The van der Waals surface area contributed by atoms with E-state index in [2.05, 4.69) is 25.6 Å². The molecule has 23 heavy (non-hydrogen) atoms. The Morgan fingerprint density at radius 3 is 3.00 bits per heavy atom. The predicted molar refractivity (Wildman–Crippen MR) is 88.1 cm³/mol. The number of nitrogens with zero attached hydrogens (tertiary/aromatic N) is 2. The molecule has 0 saturated heterocycles. The van der Waals surface area contributed by atoms with E-state index in [1.54, 1.807) is 30.2 Å². The highest BCUT2D eigenvalue weighted by Gasteiger charge is 2.19. The van der Waals surface area contributed by atoms with Crippen LogP contribution in [0.4, 0.5) is 0 Å². The minimum absolute atomic E-state index is 0.744. The van der Waals surface area contributed by atoms with Gasteiger partial charge in [0.15, 0.2) is 12.7 Å². The van der Waals surface area contributed by atoms with Crippen molar-refractivity contribution in [2.75, 3.05) is 0 Å². The molecule has 0 amide bonds. The van der Waals surface area contributed by atoms with Gasteiger partial charge in [0, 0.05) is 17.7 Å². The van der Waals surface area contributed by atoms with Crippen LogP contribution in [0, 0.1) is 0 Å². The first-order valence-electron chi connectivity index (χ1n) is 7.15. The molecular weight excluding hydrogens is 332 g/mol. The van der Waals surface area contributed by atoms with Gasteiger partial charge in [-0.15, -0.1) is 11.3 Å². The topological polar surface area (TPSA) is 61.5 Å². The van der Waals surface area contributed by atoms with Gasteiger partial charge in [0.2, 0.25) is 0 Å². The lowest BCUT2D eigenvalue weighted by Crippen LogP contribution is -2.34. The van der Waals surface area contributed by atoms with Crippen LogP contribution in [0.5, 0.6) is 0 Å². The zero-order valence-corrected chi connectivity index (χ0v) is 13.7. The molecule has 0 unspecified atom stereocenters. The van der Waals surface area contributed by atoms with Gasteiger partial charge in [0.25, 0.3) is 5.82 Å². The number of imidazole rings is 2. The van der Waals surface area contributed by atoms with Crippen LogP contribution >= 0.6 is 22.9 Å². The first kappa shape index (κ1) is 14.3. The summed E-state index contributed by atoms with van der Waals surface area (Å²) >= 11 is 7.62. The van der Waals surface area contributed by atoms with Crippen molar-refractivity contribution < 1.29 is 8.98 Å². The molecule has 2 N–H and O–H groups in total. The normalized spacial score (nSPS) is 11.2. The standard InChI is InChI=1S/C16H13ClN4OS/c17-15-2-1-13(23-15)6-12-7-18-10-21(12)16-14(19-9-20-16)5-11-3-4-22-8-11/h1-4,7-10H,5-6H2,(H,19,20)/p+1. The fourth-order valence-corrected chi connectivity index (χ4v) is 3.67. The molecule has 0 aliphatic heterocycles. The number of H-pyrrole nitrogens is 2. The van der Waals surface area contributed by atoms with E-state index in [9.17, 15) is 0 Å². The first-order valence-corrected chi connectivity index (χ1v) is 8.34. The Morgan fingerprint density at radius 1 is 1.26 bits per heavy atom. The molecule has 4 heterocycles. The van der Waals surface area contributed by atoms with Gasteiger partial charge in [-0.3, -0.25) is 4.98 Å². The zero-order chi connectivity index (χ0) is 15.6. The maximum absolute atomic E-state index is 6.02. The van der Waals surface area contributed by atoms with Crippen molar-refractivity contribution in [2.45, 2.75) is 12.8 Å². The second-order valence-corrected chi connectivity index (χ2v) is 7.00. The lowest BCUT2D eigenvalue weighted by Gasteiger charge is -2.01. The second-order valence-electron chi connectivity index (χ2n) is 5.20. The molecule has 5 nitrogen and oxygen atoms in total. The van der Waals surface area contributed by atoms with E-state index in [0.717, 1.165) is 39.9 Å². The van der Waals surface area contributed by atoms with Gasteiger partial charge in [-0.2, -0.15) is 0 Å². The number of halogens is 1. The molecule has 0 aliphatic rings. The monoisotopic (exact) mass is 345 g/mol. The molecule has 0 radical (unpaired) electrons. The molecule has 0 spiro atoms. The van der Waals surface area contributed by atoms with Crippen LogP contribution in [0.3, 0.4) is 0 Å². The van der Waals surface area contributed by atoms with Gasteiger partial charge in [-0.25, -0.2) is 4.57 Å². The van der Waals surface area contributed by atoms with Crippen LogP contribution in [0.25, 0.3) is 5.82 Å². The van der Waals surface area contributed by atoms with E-state index in [1.807, 2.05) is 24.7 Å². The Bertz CT molecular complexity index is 906. The largest absolute Gasteiger partial charge is 0.472 e. The summed E-state index contributed by atoms with van der Waals surface area (Å²) in [6, 6.07) is 5.94. The average Bonchev–Trinajstić information content (AvgIpc) is 3.29. The summed E-state index contributed by atoms with van der Waals surface area (Å²) in [6.45, 7) is 0. The number of nitrogens with one attached hydrogen (secondary N) is 2. The summed E-state index contributed by atoms with van der Waals surface area (Å²) in [4.78, 5) is 12.1. The molecule has 116 valence electrons. The van der Waals surface area contributed by atoms with Gasteiger partial charge in [0.1, 0.15) is 5.69 Å².